The molecule has 0 fully saturated rings. The van der Waals surface area contributed by atoms with E-state index in [1.807, 2.05) is 20.8 Å². The number of amides is 1. The van der Waals surface area contributed by atoms with Crippen molar-refractivity contribution in [2.24, 2.45) is 0 Å². The van der Waals surface area contributed by atoms with Gasteiger partial charge in [-0.25, -0.2) is 4.39 Å². The Bertz CT molecular complexity index is 430. The van der Waals surface area contributed by atoms with Gasteiger partial charge in [0.05, 0.1) is 6.04 Å². The van der Waals surface area contributed by atoms with Gasteiger partial charge >= 0.3 is 0 Å². The number of hydrogen-bond acceptors (Lipinski definition) is 2. The molecule has 0 aliphatic rings. The molecule has 106 valence electrons. The second-order valence-electron chi connectivity index (χ2n) is 4.70. The standard InChI is InChI=1S/C15H23FN2O/c1-5-18(6-2)15(19)12(4)17-10-13-7-8-14(16)11(3)9-13/h7-9,12,17H,5-6,10H2,1-4H3. The van der Waals surface area contributed by atoms with E-state index >= 15 is 0 Å². The van der Waals surface area contributed by atoms with Crippen molar-refractivity contribution >= 4 is 5.91 Å². The van der Waals surface area contributed by atoms with Gasteiger partial charge in [0, 0.05) is 19.6 Å². The number of rotatable bonds is 6. The molecule has 1 aromatic rings. The van der Waals surface area contributed by atoms with Crippen LogP contribution in [-0.2, 0) is 11.3 Å². The topological polar surface area (TPSA) is 32.3 Å². The summed E-state index contributed by atoms with van der Waals surface area (Å²) >= 11 is 0. The molecule has 19 heavy (non-hydrogen) atoms. The van der Waals surface area contributed by atoms with Gasteiger partial charge in [0.2, 0.25) is 5.91 Å². The maximum atomic E-state index is 13.1. The number of hydrogen-bond donors (Lipinski definition) is 1. The highest BCUT2D eigenvalue weighted by molar-refractivity contribution is 5.81. The summed E-state index contributed by atoms with van der Waals surface area (Å²) in [6, 6.07) is 4.77. The Kier molecular flexibility index (Phi) is 5.96. The predicted molar refractivity (Wildman–Crippen MR) is 75.4 cm³/mol. The molecule has 0 saturated carbocycles. The van der Waals surface area contributed by atoms with Gasteiger partial charge in [-0.1, -0.05) is 12.1 Å². The van der Waals surface area contributed by atoms with E-state index in [2.05, 4.69) is 5.32 Å². The molecular formula is C15H23FN2O. The molecule has 0 aromatic heterocycles. The molecule has 1 atom stereocenters. The molecule has 1 amide bonds. The normalized spacial score (nSPS) is 12.3. The zero-order valence-electron chi connectivity index (χ0n) is 12.2. The van der Waals surface area contributed by atoms with Crippen LogP contribution in [0.1, 0.15) is 31.9 Å². The van der Waals surface area contributed by atoms with Crippen LogP contribution in [0, 0.1) is 12.7 Å². The summed E-state index contributed by atoms with van der Waals surface area (Å²) in [7, 11) is 0. The van der Waals surface area contributed by atoms with Crippen molar-refractivity contribution in [2.75, 3.05) is 13.1 Å². The summed E-state index contributed by atoms with van der Waals surface area (Å²) < 4.78 is 13.1. The number of nitrogens with one attached hydrogen (secondary N) is 1. The largest absolute Gasteiger partial charge is 0.342 e. The first kappa shape index (κ1) is 15.6. The number of nitrogens with zero attached hydrogens (tertiary/aromatic N) is 1. The Labute approximate surface area is 114 Å². The number of carbonyl (C=O) groups excluding carboxylic acids is 1. The fraction of sp³-hybridized carbons (Fsp3) is 0.533. The van der Waals surface area contributed by atoms with Gasteiger partial charge in [0.15, 0.2) is 0 Å². The third kappa shape index (κ3) is 4.31. The first-order valence-corrected chi connectivity index (χ1v) is 6.76. The molecule has 4 heteroatoms. The Balaban J connectivity index is 2.56. The van der Waals surface area contributed by atoms with Crippen molar-refractivity contribution in [2.45, 2.75) is 40.3 Å². The molecule has 0 spiro atoms. The van der Waals surface area contributed by atoms with E-state index < -0.39 is 0 Å². The second-order valence-corrected chi connectivity index (χ2v) is 4.70. The van der Waals surface area contributed by atoms with Gasteiger partial charge < -0.3 is 10.2 Å². The van der Waals surface area contributed by atoms with Crippen LogP contribution in [0.15, 0.2) is 18.2 Å². The molecule has 1 unspecified atom stereocenters. The van der Waals surface area contributed by atoms with Crippen molar-refractivity contribution in [3.8, 4) is 0 Å². The van der Waals surface area contributed by atoms with Crippen molar-refractivity contribution in [1.82, 2.24) is 10.2 Å². The lowest BCUT2D eigenvalue weighted by Crippen LogP contribution is -2.44. The van der Waals surface area contributed by atoms with Crippen LogP contribution in [0.25, 0.3) is 0 Å². The average Bonchev–Trinajstić information content (AvgIpc) is 2.41. The van der Waals surface area contributed by atoms with E-state index in [0.717, 1.165) is 18.7 Å². The van der Waals surface area contributed by atoms with E-state index in [1.165, 1.54) is 6.07 Å². The summed E-state index contributed by atoms with van der Waals surface area (Å²) in [4.78, 5) is 13.9. The first-order chi connectivity index (χ1) is 8.99. The maximum absolute atomic E-state index is 13.1. The van der Waals surface area contributed by atoms with Gasteiger partial charge in [0.1, 0.15) is 5.82 Å². The summed E-state index contributed by atoms with van der Waals surface area (Å²) in [5, 5.41) is 3.18. The van der Waals surface area contributed by atoms with Crippen molar-refractivity contribution in [1.29, 1.82) is 0 Å². The van der Waals surface area contributed by atoms with Crippen LogP contribution in [-0.4, -0.2) is 29.9 Å². The maximum Gasteiger partial charge on any atom is 0.239 e. The Hall–Kier alpha value is -1.42. The Morgan fingerprint density at radius 2 is 2.00 bits per heavy atom. The minimum atomic E-state index is -0.231. The minimum Gasteiger partial charge on any atom is -0.342 e. The van der Waals surface area contributed by atoms with E-state index in [-0.39, 0.29) is 17.8 Å². The summed E-state index contributed by atoms with van der Waals surface area (Å²) in [6.07, 6.45) is 0. The highest BCUT2D eigenvalue weighted by atomic mass is 19.1. The van der Waals surface area contributed by atoms with Crippen LogP contribution in [0.4, 0.5) is 4.39 Å². The lowest BCUT2D eigenvalue weighted by molar-refractivity contribution is -0.132. The SMILES string of the molecule is CCN(CC)C(=O)C(C)NCc1ccc(F)c(C)c1. The fourth-order valence-corrected chi connectivity index (χ4v) is 1.98. The quantitative estimate of drug-likeness (QED) is 0.858. The van der Waals surface area contributed by atoms with Crippen LogP contribution < -0.4 is 5.32 Å². The highest BCUT2D eigenvalue weighted by Crippen LogP contribution is 2.09. The Morgan fingerprint density at radius 3 is 2.53 bits per heavy atom. The molecule has 3 nitrogen and oxygen atoms in total. The molecule has 0 saturated heterocycles. The summed E-state index contributed by atoms with van der Waals surface area (Å²) in [5.41, 5.74) is 1.61. The highest BCUT2D eigenvalue weighted by Gasteiger charge is 2.17. The predicted octanol–water partition coefficient (Wildman–Crippen LogP) is 2.48. The number of benzene rings is 1. The zero-order valence-corrected chi connectivity index (χ0v) is 12.2. The molecule has 1 N–H and O–H groups in total. The lowest BCUT2D eigenvalue weighted by Gasteiger charge is -2.23. The van der Waals surface area contributed by atoms with Gasteiger partial charge in [-0.3, -0.25) is 4.79 Å². The molecule has 0 radical (unpaired) electrons. The fourth-order valence-electron chi connectivity index (χ4n) is 1.98. The van der Waals surface area contributed by atoms with Crippen LogP contribution >= 0.6 is 0 Å². The first-order valence-electron chi connectivity index (χ1n) is 6.76. The molecule has 1 rings (SSSR count). The molecule has 0 aliphatic heterocycles. The van der Waals surface area contributed by atoms with Crippen molar-refractivity contribution in [3.05, 3.63) is 35.1 Å². The van der Waals surface area contributed by atoms with Gasteiger partial charge in [0.25, 0.3) is 0 Å². The van der Waals surface area contributed by atoms with E-state index in [4.69, 9.17) is 0 Å². The van der Waals surface area contributed by atoms with Crippen LogP contribution in [0.2, 0.25) is 0 Å². The molecule has 1 aromatic carbocycles. The third-order valence-corrected chi connectivity index (χ3v) is 3.28. The van der Waals surface area contributed by atoms with E-state index in [1.54, 1.807) is 24.0 Å². The number of likely N-dealkylation sites (N-methyl/N-ethyl adjacent to an activating group) is 1. The lowest BCUT2D eigenvalue weighted by atomic mass is 10.1. The molecule has 0 bridgehead atoms. The van der Waals surface area contributed by atoms with Gasteiger partial charge in [-0.2, -0.15) is 0 Å². The molecule has 0 heterocycles. The smallest absolute Gasteiger partial charge is 0.239 e. The third-order valence-electron chi connectivity index (χ3n) is 3.28. The monoisotopic (exact) mass is 266 g/mol. The van der Waals surface area contributed by atoms with Gasteiger partial charge in [-0.05, 0) is 44.9 Å². The minimum absolute atomic E-state index is 0.101. The number of halogens is 1. The van der Waals surface area contributed by atoms with E-state index in [0.29, 0.717) is 12.1 Å². The average molecular weight is 266 g/mol. The van der Waals surface area contributed by atoms with Crippen LogP contribution in [0.3, 0.4) is 0 Å². The van der Waals surface area contributed by atoms with Crippen molar-refractivity contribution in [3.63, 3.8) is 0 Å². The Morgan fingerprint density at radius 1 is 1.37 bits per heavy atom. The van der Waals surface area contributed by atoms with E-state index in [9.17, 15) is 9.18 Å². The number of carbonyl (C=O) groups is 1. The van der Waals surface area contributed by atoms with Crippen molar-refractivity contribution < 1.29 is 9.18 Å². The van der Waals surface area contributed by atoms with Gasteiger partial charge in [-0.15, -0.1) is 0 Å². The summed E-state index contributed by atoms with van der Waals surface area (Å²) in [6.45, 7) is 9.54. The second kappa shape index (κ2) is 7.24. The summed E-state index contributed by atoms with van der Waals surface area (Å²) in [5.74, 6) is -0.0974. The number of aryl methyl sites for hydroxylation is 1. The molecule has 0 aliphatic carbocycles. The molecular weight excluding hydrogens is 243 g/mol. The zero-order chi connectivity index (χ0) is 14.4. The van der Waals surface area contributed by atoms with Crippen LogP contribution in [0.5, 0.6) is 0 Å².